The summed E-state index contributed by atoms with van der Waals surface area (Å²) in [7, 11) is -3.62. The summed E-state index contributed by atoms with van der Waals surface area (Å²) in [5.74, 6) is 0.285. The van der Waals surface area contributed by atoms with Crippen molar-refractivity contribution in [3.63, 3.8) is 0 Å². The number of nitro groups is 1. The third-order valence-electron chi connectivity index (χ3n) is 3.64. The Morgan fingerprint density at radius 2 is 2.24 bits per heavy atom. The molecule has 0 aliphatic carbocycles. The van der Waals surface area contributed by atoms with Gasteiger partial charge in [0, 0.05) is 18.2 Å². The summed E-state index contributed by atoms with van der Waals surface area (Å²) in [5.41, 5.74) is 0.257. The molecule has 2 N–H and O–H groups in total. The topological polar surface area (TPSA) is 101 Å². The van der Waals surface area contributed by atoms with Crippen LogP contribution in [0.3, 0.4) is 0 Å². The van der Waals surface area contributed by atoms with Gasteiger partial charge in [0.1, 0.15) is 0 Å². The zero-order valence-electron chi connectivity index (χ0n) is 11.8. The molecule has 1 fully saturated rings. The van der Waals surface area contributed by atoms with Crippen LogP contribution in [0.4, 0.5) is 5.69 Å². The molecule has 1 aromatic carbocycles. The van der Waals surface area contributed by atoms with E-state index in [0.717, 1.165) is 25.9 Å². The first-order chi connectivity index (χ1) is 9.90. The zero-order valence-corrected chi connectivity index (χ0v) is 12.6. The Balaban J connectivity index is 2.08. The molecule has 1 aliphatic heterocycles. The number of rotatable bonds is 5. The summed E-state index contributed by atoms with van der Waals surface area (Å²) in [4.78, 5) is 10.3. The van der Waals surface area contributed by atoms with E-state index in [4.69, 9.17) is 0 Å². The number of aryl methyl sites for hydroxylation is 1. The molecule has 1 aliphatic rings. The standard InChI is InChI=1S/C13H19N3O4S/c1-10-7-12(4-5-13(10)16(17)18)21(19,20)15-9-11-3-2-6-14-8-11/h4-5,7,11,14-15H,2-3,6,8-9H2,1H3. The minimum absolute atomic E-state index is 0.0642. The highest BCUT2D eigenvalue weighted by Crippen LogP contribution is 2.21. The van der Waals surface area contributed by atoms with Crippen LogP contribution in [0, 0.1) is 23.0 Å². The molecule has 0 radical (unpaired) electrons. The molecule has 0 saturated carbocycles. The number of nitrogens with zero attached hydrogens (tertiary/aromatic N) is 1. The van der Waals surface area contributed by atoms with Crippen LogP contribution in [0.1, 0.15) is 18.4 Å². The number of hydrogen-bond acceptors (Lipinski definition) is 5. The van der Waals surface area contributed by atoms with Crippen LogP contribution in [0.2, 0.25) is 0 Å². The Bertz CT molecular complexity index is 624. The molecule has 1 aromatic rings. The van der Waals surface area contributed by atoms with Crippen LogP contribution >= 0.6 is 0 Å². The van der Waals surface area contributed by atoms with Gasteiger partial charge in [-0.2, -0.15) is 0 Å². The first-order valence-electron chi connectivity index (χ1n) is 6.85. The molecule has 116 valence electrons. The quantitative estimate of drug-likeness (QED) is 0.628. The van der Waals surface area contributed by atoms with Gasteiger partial charge in [-0.15, -0.1) is 0 Å². The fourth-order valence-corrected chi connectivity index (χ4v) is 3.61. The van der Waals surface area contributed by atoms with Crippen LogP contribution in [-0.4, -0.2) is 33.0 Å². The monoisotopic (exact) mass is 313 g/mol. The minimum Gasteiger partial charge on any atom is -0.316 e. The van der Waals surface area contributed by atoms with Gasteiger partial charge in [0.05, 0.1) is 9.82 Å². The molecule has 1 saturated heterocycles. The summed E-state index contributed by atoms with van der Waals surface area (Å²) < 4.78 is 27.0. The van der Waals surface area contributed by atoms with Crippen molar-refractivity contribution in [2.24, 2.45) is 5.92 Å². The van der Waals surface area contributed by atoms with E-state index in [1.807, 2.05) is 0 Å². The lowest BCUT2D eigenvalue weighted by Gasteiger charge is -2.22. The SMILES string of the molecule is Cc1cc(S(=O)(=O)NCC2CCCNC2)ccc1[N+](=O)[O-]. The molecular formula is C13H19N3O4S. The van der Waals surface area contributed by atoms with Crippen molar-refractivity contribution in [2.45, 2.75) is 24.7 Å². The number of piperidine rings is 1. The maximum absolute atomic E-state index is 12.2. The van der Waals surface area contributed by atoms with Crippen LogP contribution in [0.15, 0.2) is 23.1 Å². The summed E-state index contributed by atoms with van der Waals surface area (Å²) in [6, 6.07) is 3.83. The third kappa shape index (κ3) is 3.99. The van der Waals surface area contributed by atoms with E-state index in [0.29, 0.717) is 12.1 Å². The van der Waals surface area contributed by atoms with Gasteiger partial charge in [0.15, 0.2) is 0 Å². The number of hydrogen-bond donors (Lipinski definition) is 2. The average molecular weight is 313 g/mol. The summed E-state index contributed by atoms with van der Waals surface area (Å²) in [6.07, 6.45) is 2.04. The van der Waals surface area contributed by atoms with E-state index in [1.165, 1.54) is 25.1 Å². The van der Waals surface area contributed by atoms with Crippen molar-refractivity contribution >= 4 is 15.7 Å². The fraction of sp³-hybridized carbons (Fsp3) is 0.538. The molecule has 0 bridgehead atoms. The number of nitrogens with one attached hydrogen (secondary N) is 2. The Morgan fingerprint density at radius 3 is 2.81 bits per heavy atom. The van der Waals surface area contributed by atoms with Crippen molar-refractivity contribution < 1.29 is 13.3 Å². The lowest BCUT2D eigenvalue weighted by molar-refractivity contribution is -0.385. The molecule has 2 rings (SSSR count). The number of nitro benzene ring substituents is 1. The second kappa shape index (κ2) is 6.50. The minimum atomic E-state index is -3.62. The average Bonchev–Trinajstić information content (AvgIpc) is 2.46. The van der Waals surface area contributed by atoms with Gasteiger partial charge in [0.25, 0.3) is 5.69 Å². The molecule has 0 aromatic heterocycles. The predicted octanol–water partition coefficient (Wildman–Crippen LogP) is 1.18. The van der Waals surface area contributed by atoms with Crippen molar-refractivity contribution in [2.75, 3.05) is 19.6 Å². The van der Waals surface area contributed by atoms with Crippen molar-refractivity contribution in [3.8, 4) is 0 Å². The van der Waals surface area contributed by atoms with Gasteiger partial charge in [-0.05, 0) is 50.9 Å². The first kappa shape index (κ1) is 15.9. The van der Waals surface area contributed by atoms with E-state index >= 15 is 0 Å². The molecule has 8 heteroatoms. The van der Waals surface area contributed by atoms with Crippen molar-refractivity contribution in [1.29, 1.82) is 0 Å². The van der Waals surface area contributed by atoms with Gasteiger partial charge < -0.3 is 5.32 Å². The molecule has 21 heavy (non-hydrogen) atoms. The van der Waals surface area contributed by atoms with Crippen molar-refractivity contribution in [1.82, 2.24) is 10.0 Å². The summed E-state index contributed by atoms with van der Waals surface area (Å²) in [5, 5.41) is 14.0. The second-order valence-corrected chi connectivity index (χ2v) is 7.04. The van der Waals surface area contributed by atoms with Crippen LogP contribution in [0.5, 0.6) is 0 Å². The first-order valence-corrected chi connectivity index (χ1v) is 8.34. The molecule has 1 heterocycles. The summed E-state index contributed by atoms with van der Waals surface area (Å²) in [6.45, 7) is 3.69. The lowest BCUT2D eigenvalue weighted by Crippen LogP contribution is -2.38. The van der Waals surface area contributed by atoms with Gasteiger partial charge >= 0.3 is 0 Å². The fourth-order valence-electron chi connectivity index (χ4n) is 2.41. The number of benzene rings is 1. The molecule has 0 spiro atoms. The van der Waals surface area contributed by atoms with E-state index in [1.54, 1.807) is 0 Å². The van der Waals surface area contributed by atoms with Gasteiger partial charge in [-0.3, -0.25) is 10.1 Å². The number of sulfonamides is 1. The molecule has 7 nitrogen and oxygen atoms in total. The highest BCUT2D eigenvalue weighted by Gasteiger charge is 2.20. The van der Waals surface area contributed by atoms with E-state index in [9.17, 15) is 18.5 Å². The maximum atomic E-state index is 12.2. The molecule has 0 amide bonds. The van der Waals surface area contributed by atoms with Gasteiger partial charge in [-0.25, -0.2) is 13.1 Å². The maximum Gasteiger partial charge on any atom is 0.272 e. The van der Waals surface area contributed by atoms with Crippen LogP contribution in [0.25, 0.3) is 0 Å². The van der Waals surface area contributed by atoms with Crippen molar-refractivity contribution in [3.05, 3.63) is 33.9 Å². The van der Waals surface area contributed by atoms with Crippen LogP contribution < -0.4 is 10.0 Å². The van der Waals surface area contributed by atoms with E-state index in [2.05, 4.69) is 10.0 Å². The lowest BCUT2D eigenvalue weighted by atomic mass is 10.0. The van der Waals surface area contributed by atoms with E-state index in [-0.39, 0.29) is 16.5 Å². The second-order valence-electron chi connectivity index (χ2n) is 5.27. The Labute approximate surface area is 123 Å². The molecular weight excluding hydrogens is 294 g/mol. The predicted molar refractivity (Wildman–Crippen MR) is 78.6 cm³/mol. The summed E-state index contributed by atoms with van der Waals surface area (Å²) >= 11 is 0. The molecule has 1 atom stereocenters. The highest BCUT2D eigenvalue weighted by atomic mass is 32.2. The third-order valence-corrected chi connectivity index (χ3v) is 5.06. The Morgan fingerprint density at radius 1 is 1.48 bits per heavy atom. The van der Waals surface area contributed by atoms with E-state index < -0.39 is 14.9 Å². The Kier molecular flexibility index (Phi) is 4.92. The van der Waals surface area contributed by atoms with Gasteiger partial charge in [0.2, 0.25) is 10.0 Å². The van der Waals surface area contributed by atoms with Crippen LogP contribution in [-0.2, 0) is 10.0 Å². The normalized spacial score (nSPS) is 19.4. The largest absolute Gasteiger partial charge is 0.316 e. The smallest absolute Gasteiger partial charge is 0.272 e. The van der Waals surface area contributed by atoms with Gasteiger partial charge in [-0.1, -0.05) is 0 Å². The Hall–Kier alpha value is -1.51. The highest BCUT2D eigenvalue weighted by molar-refractivity contribution is 7.89. The molecule has 1 unspecified atom stereocenters. The zero-order chi connectivity index (χ0) is 15.5.